The molecule has 12 heavy (non-hydrogen) atoms. The first-order valence-electron chi connectivity index (χ1n) is 3.87. The predicted octanol–water partition coefficient (Wildman–Crippen LogP) is -1.36. The lowest BCUT2D eigenvalue weighted by atomic mass is 10.2. The molecule has 0 aromatic carbocycles. The number of amides is 2. The number of nitrogens with zero attached hydrogens (tertiary/aromatic N) is 1. The molecular formula is C7H13N3O2. The number of carbonyl (C=O) groups is 2. The van der Waals surface area contributed by atoms with E-state index in [0.717, 1.165) is 0 Å². The molecule has 5 heteroatoms. The fraction of sp³-hybridized carbons (Fsp3) is 0.714. The highest BCUT2D eigenvalue weighted by atomic mass is 16.2. The van der Waals surface area contributed by atoms with E-state index >= 15 is 0 Å². The Bertz CT molecular complexity index is 217. The second-order valence-electron chi connectivity index (χ2n) is 2.97. The lowest BCUT2D eigenvalue weighted by Crippen LogP contribution is -2.44. The van der Waals surface area contributed by atoms with Crippen molar-refractivity contribution in [2.75, 3.05) is 6.67 Å². The Morgan fingerprint density at radius 1 is 1.83 bits per heavy atom. The second-order valence-corrected chi connectivity index (χ2v) is 2.97. The Balaban J connectivity index is 2.65. The molecule has 0 aromatic heterocycles. The Labute approximate surface area is 70.9 Å². The zero-order chi connectivity index (χ0) is 9.30. The van der Waals surface area contributed by atoms with Crippen LogP contribution in [0.1, 0.15) is 13.8 Å². The van der Waals surface area contributed by atoms with Crippen LogP contribution in [0.15, 0.2) is 0 Å². The molecule has 0 saturated carbocycles. The van der Waals surface area contributed by atoms with Crippen molar-refractivity contribution in [2.24, 2.45) is 5.73 Å². The van der Waals surface area contributed by atoms with Gasteiger partial charge in [0.05, 0.1) is 12.7 Å². The van der Waals surface area contributed by atoms with E-state index in [0.29, 0.717) is 6.67 Å². The Morgan fingerprint density at radius 2 is 2.42 bits per heavy atom. The smallest absolute Gasteiger partial charge is 0.241 e. The first-order chi connectivity index (χ1) is 5.54. The maximum Gasteiger partial charge on any atom is 0.241 e. The van der Waals surface area contributed by atoms with Crippen molar-refractivity contribution in [1.82, 2.24) is 10.2 Å². The van der Waals surface area contributed by atoms with Gasteiger partial charge in [-0.25, -0.2) is 0 Å². The van der Waals surface area contributed by atoms with E-state index in [1.807, 2.05) is 0 Å². The van der Waals surface area contributed by atoms with E-state index in [9.17, 15) is 9.59 Å². The number of hydrogen-bond acceptors (Lipinski definition) is 3. The van der Waals surface area contributed by atoms with Crippen molar-refractivity contribution in [3.63, 3.8) is 0 Å². The average Bonchev–Trinajstić information content (AvgIpc) is 2.32. The van der Waals surface area contributed by atoms with Crippen LogP contribution in [-0.2, 0) is 9.59 Å². The third-order valence-corrected chi connectivity index (χ3v) is 2.10. The van der Waals surface area contributed by atoms with Crippen molar-refractivity contribution < 1.29 is 9.59 Å². The molecule has 2 atom stereocenters. The van der Waals surface area contributed by atoms with E-state index < -0.39 is 11.9 Å². The molecule has 2 unspecified atom stereocenters. The third kappa shape index (κ3) is 1.40. The Kier molecular flexibility index (Phi) is 2.32. The average molecular weight is 171 g/mol. The van der Waals surface area contributed by atoms with Crippen molar-refractivity contribution in [3.05, 3.63) is 0 Å². The Morgan fingerprint density at radius 3 is 2.75 bits per heavy atom. The first-order valence-corrected chi connectivity index (χ1v) is 3.87. The van der Waals surface area contributed by atoms with Crippen molar-refractivity contribution in [1.29, 1.82) is 0 Å². The van der Waals surface area contributed by atoms with Crippen molar-refractivity contribution in [3.8, 4) is 0 Å². The molecule has 0 aliphatic carbocycles. The second kappa shape index (κ2) is 3.10. The minimum atomic E-state index is -0.519. The van der Waals surface area contributed by atoms with Gasteiger partial charge in [0, 0.05) is 0 Å². The highest BCUT2D eigenvalue weighted by molar-refractivity contribution is 5.89. The molecule has 1 saturated heterocycles. The summed E-state index contributed by atoms with van der Waals surface area (Å²) in [5.74, 6) is -0.541. The molecule has 3 N–H and O–H groups in total. The van der Waals surface area contributed by atoms with Crippen LogP contribution < -0.4 is 11.1 Å². The fourth-order valence-electron chi connectivity index (χ4n) is 1.13. The largest absolute Gasteiger partial charge is 0.368 e. The van der Waals surface area contributed by atoms with Crippen LogP contribution in [0, 0.1) is 0 Å². The highest BCUT2D eigenvalue weighted by Gasteiger charge is 2.32. The number of nitrogens with one attached hydrogen (secondary N) is 1. The monoisotopic (exact) mass is 171 g/mol. The summed E-state index contributed by atoms with van der Waals surface area (Å²) in [7, 11) is 0. The zero-order valence-corrected chi connectivity index (χ0v) is 7.20. The molecule has 1 heterocycles. The summed E-state index contributed by atoms with van der Waals surface area (Å²) >= 11 is 0. The maximum absolute atomic E-state index is 11.3. The number of primary amides is 1. The van der Waals surface area contributed by atoms with Gasteiger partial charge in [-0.1, -0.05) is 0 Å². The normalized spacial score (nSPS) is 26.0. The van der Waals surface area contributed by atoms with Gasteiger partial charge < -0.3 is 10.6 Å². The van der Waals surface area contributed by atoms with Crippen LogP contribution in [0.3, 0.4) is 0 Å². The Hall–Kier alpha value is -1.10. The summed E-state index contributed by atoms with van der Waals surface area (Å²) < 4.78 is 0. The summed E-state index contributed by atoms with van der Waals surface area (Å²) in [5, 5.41) is 2.92. The topological polar surface area (TPSA) is 75.4 Å². The predicted molar refractivity (Wildman–Crippen MR) is 43.0 cm³/mol. The van der Waals surface area contributed by atoms with E-state index in [1.165, 1.54) is 4.90 Å². The van der Waals surface area contributed by atoms with Gasteiger partial charge in [-0.2, -0.15) is 0 Å². The minimum absolute atomic E-state index is 0.0682. The van der Waals surface area contributed by atoms with Crippen LogP contribution in [-0.4, -0.2) is 35.5 Å². The van der Waals surface area contributed by atoms with Gasteiger partial charge in [0.25, 0.3) is 0 Å². The molecule has 1 aliphatic rings. The molecule has 0 bridgehead atoms. The molecule has 1 rings (SSSR count). The van der Waals surface area contributed by atoms with Gasteiger partial charge >= 0.3 is 0 Å². The molecule has 0 spiro atoms. The minimum Gasteiger partial charge on any atom is -0.368 e. The van der Waals surface area contributed by atoms with Crippen LogP contribution in [0.4, 0.5) is 0 Å². The van der Waals surface area contributed by atoms with E-state index in [-0.39, 0.29) is 11.9 Å². The van der Waals surface area contributed by atoms with Crippen LogP contribution in [0.5, 0.6) is 0 Å². The van der Waals surface area contributed by atoms with Crippen LogP contribution >= 0.6 is 0 Å². The summed E-state index contributed by atoms with van der Waals surface area (Å²) in [6, 6.07) is -0.721. The maximum atomic E-state index is 11.3. The van der Waals surface area contributed by atoms with Crippen LogP contribution in [0.25, 0.3) is 0 Å². The first kappa shape index (κ1) is 8.99. The summed E-state index contributed by atoms with van der Waals surface area (Å²) in [5.41, 5.74) is 5.06. The zero-order valence-electron chi connectivity index (χ0n) is 7.20. The van der Waals surface area contributed by atoms with Gasteiger partial charge in [-0.3, -0.25) is 14.9 Å². The molecule has 2 amide bonds. The molecule has 68 valence electrons. The highest BCUT2D eigenvalue weighted by Crippen LogP contribution is 2.06. The van der Waals surface area contributed by atoms with E-state index in [2.05, 4.69) is 5.32 Å². The molecule has 1 fully saturated rings. The molecule has 0 aromatic rings. The lowest BCUT2D eigenvalue weighted by Gasteiger charge is -2.20. The molecule has 5 nitrogen and oxygen atoms in total. The van der Waals surface area contributed by atoms with E-state index in [1.54, 1.807) is 13.8 Å². The summed E-state index contributed by atoms with van der Waals surface area (Å²) in [6.45, 7) is 3.79. The molecule has 0 radical (unpaired) electrons. The quantitative estimate of drug-likeness (QED) is 0.538. The third-order valence-electron chi connectivity index (χ3n) is 2.10. The number of carbonyl (C=O) groups excluding carboxylic acids is 2. The fourth-order valence-corrected chi connectivity index (χ4v) is 1.13. The van der Waals surface area contributed by atoms with Gasteiger partial charge in [-0.15, -0.1) is 0 Å². The number of nitrogens with two attached hydrogens (primary N) is 1. The number of rotatable bonds is 2. The molecular weight excluding hydrogens is 158 g/mol. The van der Waals surface area contributed by atoms with Crippen molar-refractivity contribution in [2.45, 2.75) is 25.9 Å². The summed E-state index contributed by atoms with van der Waals surface area (Å²) in [6.07, 6.45) is 0. The number of hydrogen-bond donors (Lipinski definition) is 2. The van der Waals surface area contributed by atoms with Gasteiger partial charge in [0.15, 0.2) is 0 Å². The van der Waals surface area contributed by atoms with Crippen LogP contribution in [0.2, 0.25) is 0 Å². The lowest BCUT2D eigenvalue weighted by molar-refractivity contribution is -0.135. The van der Waals surface area contributed by atoms with Gasteiger partial charge in [-0.05, 0) is 13.8 Å². The van der Waals surface area contributed by atoms with Crippen molar-refractivity contribution >= 4 is 11.8 Å². The van der Waals surface area contributed by atoms with Gasteiger partial charge in [0.2, 0.25) is 11.8 Å². The SMILES string of the molecule is CC1NCN(C(C)C(N)=O)C1=O. The summed E-state index contributed by atoms with van der Waals surface area (Å²) in [4.78, 5) is 23.5. The molecule has 1 aliphatic heterocycles. The van der Waals surface area contributed by atoms with E-state index in [4.69, 9.17) is 5.73 Å². The standard InChI is InChI=1S/C7H13N3O2/c1-4-7(12)10(3-9-4)5(2)6(8)11/h4-5,9H,3H2,1-2H3,(H2,8,11). The van der Waals surface area contributed by atoms with Gasteiger partial charge in [0.1, 0.15) is 6.04 Å².